The number of rotatable bonds is 6. The molecule has 1 aromatic rings. The topological polar surface area (TPSA) is 58.2 Å². The molecule has 1 aliphatic carbocycles. The zero-order valence-corrected chi connectivity index (χ0v) is 12.1. The molecule has 0 saturated heterocycles. The fourth-order valence-electron chi connectivity index (χ4n) is 2.23. The van der Waals surface area contributed by atoms with Crippen LogP contribution in [0.2, 0.25) is 0 Å². The number of carbonyl (C=O) groups is 2. The van der Waals surface area contributed by atoms with Crippen molar-refractivity contribution in [1.29, 1.82) is 0 Å². The molecular formula is C16H22N2O2. The second-order valence-electron chi connectivity index (χ2n) is 5.40. The van der Waals surface area contributed by atoms with Crippen LogP contribution in [-0.4, -0.2) is 18.4 Å². The van der Waals surface area contributed by atoms with Crippen LogP contribution >= 0.6 is 0 Å². The summed E-state index contributed by atoms with van der Waals surface area (Å²) in [6.07, 6.45) is 2.70. The number of para-hydroxylation sites is 1. The van der Waals surface area contributed by atoms with Gasteiger partial charge in [0.25, 0.3) is 0 Å². The van der Waals surface area contributed by atoms with Crippen molar-refractivity contribution in [2.75, 3.05) is 11.9 Å². The Hall–Kier alpha value is -1.84. The molecule has 0 aromatic heterocycles. The summed E-state index contributed by atoms with van der Waals surface area (Å²) < 4.78 is 0. The Bertz CT molecular complexity index is 499. The maximum absolute atomic E-state index is 12.1. The summed E-state index contributed by atoms with van der Waals surface area (Å²) in [4.78, 5) is 23.9. The lowest BCUT2D eigenvalue weighted by Crippen LogP contribution is -2.28. The largest absolute Gasteiger partial charge is 0.356 e. The predicted molar refractivity (Wildman–Crippen MR) is 79.3 cm³/mol. The number of nitrogens with one attached hydrogen (secondary N) is 2. The average Bonchev–Trinajstić information content (AvgIpc) is 3.22. The molecule has 0 radical (unpaired) electrons. The Morgan fingerprint density at radius 3 is 2.60 bits per heavy atom. The molecule has 1 saturated carbocycles. The standard InChI is InChI=1S/C16H22N2O2/c1-3-4-9-17-15(19)12-10-13(12)16(20)18-14-8-6-5-7-11(14)2/h5-8,12-13H,3-4,9-10H2,1-2H3,(H,17,19)(H,18,20). The van der Waals surface area contributed by atoms with Crippen LogP contribution in [-0.2, 0) is 9.59 Å². The highest BCUT2D eigenvalue weighted by molar-refractivity contribution is 5.99. The maximum Gasteiger partial charge on any atom is 0.228 e. The Morgan fingerprint density at radius 2 is 1.90 bits per heavy atom. The minimum atomic E-state index is -0.170. The third kappa shape index (κ3) is 3.59. The van der Waals surface area contributed by atoms with E-state index in [1.165, 1.54) is 0 Å². The fraction of sp³-hybridized carbons (Fsp3) is 0.500. The molecular weight excluding hydrogens is 252 g/mol. The maximum atomic E-state index is 12.1. The molecule has 0 bridgehead atoms. The first-order valence-electron chi connectivity index (χ1n) is 7.27. The van der Waals surface area contributed by atoms with Gasteiger partial charge >= 0.3 is 0 Å². The molecule has 1 aromatic carbocycles. The van der Waals surface area contributed by atoms with E-state index in [0.29, 0.717) is 13.0 Å². The highest BCUT2D eigenvalue weighted by atomic mass is 16.2. The first-order valence-corrected chi connectivity index (χ1v) is 7.27. The number of hydrogen-bond donors (Lipinski definition) is 2. The van der Waals surface area contributed by atoms with Gasteiger partial charge in [-0.3, -0.25) is 9.59 Å². The fourth-order valence-corrected chi connectivity index (χ4v) is 2.23. The summed E-state index contributed by atoms with van der Waals surface area (Å²) in [6, 6.07) is 7.67. The third-order valence-electron chi connectivity index (χ3n) is 3.70. The molecule has 2 atom stereocenters. The van der Waals surface area contributed by atoms with Crippen LogP contribution in [0.1, 0.15) is 31.7 Å². The molecule has 2 amide bonds. The van der Waals surface area contributed by atoms with Gasteiger partial charge in [0.1, 0.15) is 0 Å². The minimum absolute atomic E-state index is 0.0170. The molecule has 0 spiro atoms. The first kappa shape index (κ1) is 14.6. The number of hydrogen-bond acceptors (Lipinski definition) is 2. The Labute approximate surface area is 119 Å². The lowest BCUT2D eigenvalue weighted by atomic mass is 10.2. The van der Waals surface area contributed by atoms with Gasteiger partial charge in [0.05, 0.1) is 11.8 Å². The zero-order valence-electron chi connectivity index (χ0n) is 12.1. The van der Waals surface area contributed by atoms with Crippen LogP contribution in [0.4, 0.5) is 5.69 Å². The average molecular weight is 274 g/mol. The molecule has 4 heteroatoms. The van der Waals surface area contributed by atoms with Crippen molar-refractivity contribution in [2.45, 2.75) is 33.1 Å². The van der Waals surface area contributed by atoms with Crippen LogP contribution in [0.3, 0.4) is 0 Å². The second-order valence-corrected chi connectivity index (χ2v) is 5.40. The van der Waals surface area contributed by atoms with E-state index in [-0.39, 0.29) is 23.7 Å². The van der Waals surface area contributed by atoms with Crippen molar-refractivity contribution < 1.29 is 9.59 Å². The smallest absolute Gasteiger partial charge is 0.228 e. The van der Waals surface area contributed by atoms with E-state index >= 15 is 0 Å². The number of anilines is 1. The van der Waals surface area contributed by atoms with E-state index in [4.69, 9.17) is 0 Å². The van der Waals surface area contributed by atoms with E-state index in [9.17, 15) is 9.59 Å². The molecule has 1 fully saturated rings. The molecule has 4 nitrogen and oxygen atoms in total. The van der Waals surface area contributed by atoms with Crippen molar-refractivity contribution in [3.8, 4) is 0 Å². The highest BCUT2D eigenvalue weighted by Crippen LogP contribution is 2.39. The normalized spacial score (nSPS) is 20.3. The molecule has 108 valence electrons. The van der Waals surface area contributed by atoms with Gasteiger partial charge in [0, 0.05) is 12.2 Å². The van der Waals surface area contributed by atoms with E-state index in [2.05, 4.69) is 17.6 Å². The van der Waals surface area contributed by atoms with Crippen molar-refractivity contribution in [1.82, 2.24) is 5.32 Å². The van der Waals surface area contributed by atoms with Crippen LogP contribution in [0.5, 0.6) is 0 Å². The number of aryl methyl sites for hydroxylation is 1. The predicted octanol–water partition coefficient (Wildman–Crippen LogP) is 2.49. The van der Waals surface area contributed by atoms with Crippen LogP contribution in [0.25, 0.3) is 0 Å². The van der Waals surface area contributed by atoms with Crippen LogP contribution in [0.15, 0.2) is 24.3 Å². The minimum Gasteiger partial charge on any atom is -0.356 e. The van der Waals surface area contributed by atoms with E-state index in [1.807, 2.05) is 31.2 Å². The highest BCUT2D eigenvalue weighted by Gasteiger charge is 2.47. The van der Waals surface area contributed by atoms with Gasteiger partial charge < -0.3 is 10.6 Å². The second kappa shape index (κ2) is 6.55. The van der Waals surface area contributed by atoms with Gasteiger partial charge in [-0.1, -0.05) is 31.5 Å². The van der Waals surface area contributed by atoms with Crippen molar-refractivity contribution in [3.05, 3.63) is 29.8 Å². The monoisotopic (exact) mass is 274 g/mol. The van der Waals surface area contributed by atoms with E-state index in [0.717, 1.165) is 24.1 Å². The van der Waals surface area contributed by atoms with Gasteiger partial charge in [-0.15, -0.1) is 0 Å². The van der Waals surface area contributed by atoms with Crippen molar-refractivity contribution in [2.24, 2.45) is 11.8 Å². The van der Waals surface area contributed by atoms with Crippen LogP contribution in [0, 0.1) is 18.8 Å². The lowest BCUT2D eigenvalue weighted by molar-refractivity contribution is -0.125. The van der Waals surface area contributed by atoms with Crippen molar-refractivity contribution in [3.63, 3.8) is 0 Å². The van der Waals surface area contributed by atoms with Gasteiger partial charge in [0.2, 0.25) is 11.8 Å². The van der Waals surface area contributed by atoms with E-state index < -0.39 is 0 Å². The van der Waals surface area contributed by atoms with Gasteiger partial charge in [-0.25, -0.2) is 0 Å². The third-order valence-corrected chi connectivity index (χ3v) is 3.70. The molecule has 2 N–H and O–H groups in total. The lowest BCUT2D eigenvalue weighted by Gasteiger charge is -2.08. The summed E-state index contributed by atoms with van der Waals surface area (Å²) in [5.41, 5.74) is 1.86. The quantitative estimate of drug-likeness (QED) is 0.783. The Morgan fingerprint density at radius 1 is 1.20 bits per heavy atom. The molecule has 2 rings (SSSR count). The van der Waals surface area contributed by atoms with Gasteiger partial charge in [-0.2, -0.15) is 0 Å². The SMILES string of the molecule is CCCCNC(=O)C1CC1C(=O)Nc1ccccc1C. The summed E-state index contributed by atoms with van der Waals surface area (Å²) in [7, 11) is 0. The summed E-state index contributed by atoms with van der Waals surface area (Å²) >= 11 is 0. The van der Waals surface area contributed by atoms with Crippen molar-refractivity contribution >= 4 is 17.5 Å². The number of benzene rings is 1. The Balaban J connectivity index is 1.81. The van der Waals surface area contributed by atoms with Crippen LogP contribution < -0.4 is 10.6 Å². The van der Waals surface area contributed by atoms with Gasteiger partial charge in [-0.05, 0) is 31.4 Å². The number of carbonyl (C=O) groups excluding carboxylic acids is 2. The zero-order chi connectivity index (χ0) is 14.5. The molecule has 2 unspecified atom stereocenters. The van der Waals surface area contributed by atoms with Gasteiger partial charge in [0.15, 0.2) is 0 Å². The number of amides is 2. The summed E-state index contributed by atoms with van der Waals surface area (Å²) in [6.45, 7) is 4.75. The summed E-state index contributed by atoms with van der Waals surface area (Å²) in [5, 5.41) is 5.79. The molecule has 0 heterocycles. The molecule has 1 aliphatic rings. The molecule has 0 aliphatic heterocycles. The summed E-state index contributed by atoms with van der Waals surface area (Å²) in [5.74, 6) is -0.342. The van der Waals surface area contributed by atoms with E-state index in [1.54, 1.807) is 0 Å². The Kier molecular flexibility index (Phi) is 4.77. The molecule has 20 heavy (non-hydrogen) atoms. The number of unbranched alkanes of at least 4 members (excludes halogenated alkanes) is 1. The first-order chi connectivity index (χ1) is 9.63.